The topological polar surface area (TPSA) is 79.5 Å². The Bertz CT molecular complexity index is 1100. The van der Waals surface area contributed by atoms with E-state index in [-0.39, 0.29) is 11.7 Å². The average Bonchev–Trinajstić information content (AvgIpc) is 3.08. The maximum atomic E-state index is 12.8. The van der Waals surface area contributed by atoms with Crippen LogP contribution in [0.25, 0.3) is 5.65 Å². The molecule has 0 aliphatic carbocycles. The first-order chi connectivity index (χ1) is 13.1. The van der Waals surface area contributed by atoms with Crippen molar-refractivity contribution >= 4 is 17.2 Å². The molecule has 0 fully saturated rings. The number of nitrogens with zero attached hydrogens (tertiary/aromatic N) is 3. The first kappa shape index (κ1) is 16.8. The van der Waals surface area contributed by atoms with E-state index in [1.165, 1.54) is 6.07 Å². The summed E-state index contributed by atoms with van der Waals surface area (Å²) < 4.78 is 1.82. The van der Waals surface area contributed by atoms with Gasteiger partial charge in [0.05, 0.1) is 11.3 Å². The van der Waals surface area contributed by atoms with Crippen molar-refractivity contribution in [3.05, 3.63) is 89.4 Å². The molecular weight excluding hydrogens is 340 g/mol. The lowest BCUT2D eigenvalue weighted by molar-refractivity contribution is 0.102. The van der Waals surface area contributed by atoms with Crippen LogP contribution in [-0.2, 0) is 6.42 Å². The smallest absolute Gasteiger partial charge is 0.259 e. The number of hydrogen-bond acceptors (Lipinski definition) is 4. The molecule has 2 aromatic heterocycles. The van der Waals surface area contributed by atoms with Gasteiger partial charge >= 0.3 is 0 Å². The minimum atomic E-state index is -0.344. The summed E-state index contributed by atoms with van der Waals surface area (Å²) in [4.78, 5) is 12.8. The van der Waals surface area contributed by atoms with Crippen LogP contribution in [0.4, 0.5) is 5.69 Å². The highest BCUT2D eigenvalue weighted by Crippen LogP contribution is 2.27. The number of rotatable bonds is 4. The molecule has 0 unspecified atom stereocenters. The minimum absolute atomic E-state index is 0.0292. The molecule has 27 heavy (non-hydrogen) atoms. The maximum Gasteiger partial charge on any atom is 0.259 e. The number of carbonyl (C=O) groups is 1. The van der Waals surface area contributed by atoms with Gasteiger partial charge in [0, 0.05) is 12.6 Å². The molecule has 2 N–H and O–H groups in total. The van der Waals surface area contributed by atoms with Crippen molar-refractivity contribution in [1.29, 1.82) is 0 Å². The van der Waals surface area contributed by atoms with Crippen molar-refractivity contribution in [1.82, 2.24) is 14.6 Å². The van der Waals surface area contributed by atoms with Crippen LogP contribution in [-0.4, -0.2) is 25.6 Å². The van der Waals surface area contributed by atoms with Crippen LogP contribution in [0.5, 0.6) is 5.75 Å². The average molecular weight is 358 g/mol. The van der Waals surface area contributed by atoms with E-state index in [1.807, 2.05) is 53.9 Å². The normalized spacial score (nSPS) is 10.9. The number of aromatic hydroxyl groups is 1. The van der Waals surface area contributed by atoms with E-state index in [0.29, 0.717) is 23.3 Å². The van der Waals surface area contributed by atoms with E-state index in [9.17, 15) is 9.90 Å². The molecule has 4 aromatic rings. The zero-order chi connectivity index (χ0) is 18.8. The van der Waals surface area contributed by atoms with Crippen LogP contribution in [0.15, 0.2) is 66.9 Å². The Labute approximate surface area is 156 Å². The molecule has 0 saturated heterocycles. The minimum Gasteiger partial charge on any atom is -0.506 e. The molecule has 0 aliphatic heterocycles. The van der Waals surface area contributed by atoms with E-state index in [1.54, 1.807) is 18.2 Å². The number of para-hydroxylation sites is 1. The fraction of sp³-hybridized carbons (Fsp3) is 0.0952. The summed E-state index contributed by atoms with van der Waals surface area (Å²) in [5, 5.41) is 21.3. The van der Waals surface area contributed by atoms with Gasteiger partial charge in [-0.1, -0.05) is 42.5 Å². The summed E-state index contributed by atoms with van der Waals surface area (Å²) >= 11 is 0. The fourth-order valence-corrected chi connectivity index (χ4v) is 3.04. The van der Waals surface area contributed by atoms with Gasteiger partial charge in [-0.05, 0) is 36.2 Å². The third-order valence-corrected chi connectivity index (χ3v) is 4.44. The zero-order valence-electron chi connectivity index (χ0n) is 14.8. The molecule has 2 heterocycles. The standard InChI is InChI=1S/C21H18N4O2/c1-14-7-5-11-17(26)19(14)22-21(27)16-10-6-12-25-18(23-24-20(16)25)13-15-8-3-2-4-9-15/h2-12,26H,13H2,1H3,(H,22,27). The Morgan fingerprint density at radius 2 is 1.85 bits per heavy atom. The molecule has 0 spiro atoms. The number of pyridine rings is 1. The molecule has 6 heteroatoms. The number of anilines is 1. The summed E-state index contributed by atoms with van der Waals surface area (Å²) in [5.41, 5.74) is 3.17. The Balaban J connectivity index is 1.68. The molecule has 0 radical (unpaired) electrons. The number of carbonyl (C=O) groups excluding carboxylic acids is 1. The number of phenolic OH excluding ortho intramolecular Hbond substituents is 1. The summed E-state index contributed by atoms with van der Waals surface area (Å²) in [7, 11) is 0. The number of benzene rings is 2. The number of hydrogen-bond donors (Lipinski definition) is 2. The number of amides is 1. The van der Waals surface area contributed by atoms with Crippen molar-refractivity contribution in [3.8, 4) is 5.75 Å². The first-order valence-electron chi connectivity index (χ1n) is 8.60. The lowest BCUT2D eigenvalue weighted by Crippen LogP contribution is -2.14. The Hall–Kier alpha value is -3.67. The largest absolute Gasteiger partial charge is 0.506 e. The number of nitrogens with one attached hydrogen (secondary N) is 1. The predicted molar refractivity (Wildman–Crippen MR) is 103 cm³/mol. The number of phenols is 1. The number of aryl methyl sites for hydroxylation is 1. The molecule has 0 aliphatic rings. The first-order valence-corrected chi connectivity index (χ1v) is 8.60. The fourth-order valence-electron chi connectivity index (χ4n) is 3.04. The van der Waals surface area contributed by atoms with E-state index < -0.39 is 0 Å². The molecular formula is C21H18N4O2. The summed E-state index contributed by atoms with van der Waals surface area (Å²) in [6.07, 6.45) is 2.46. The second kappa shape index (κ2) is 6.92. The van der Waals surface area contributed by atoms with Crippen LogP contribution in [0.1, 0.15) is 27.3 Å². The maximum absolute atomic E-state index is 12.8. The Morgan fingerprint density at radius 3 is 2.63 bits per heavy atom. The molecule has 0 atom stereocenters. The van der Waals surface area contributed by atoms with Crippen molar-refractivity contribution in [2.24, 2.45) is 0 Å². The monoisotopic (exact) mass is 358 g/mol. The zero-order valence-corrected chi connectivity index (χ0v) is 14.8. The molecule has 1 amide bonds. The van der Waals surface area contributed by atoms with E-state index in [4.69, 9.17) is 0 Å². The van der Waals surface area contributed by atoms with E-state index >= 15 is 0 Å². The van der Waals surface area contributed by atoms with Gasteiger partial charge in [0.25, 0.3) is 5.91 Å². The van der Waals surface area contributed by atoms with Crippen LogP contribution in [0.2, 0.25) is 0 Å². The molecule has 134 valence electrons. The second-order valence-electron chi connectivity index (χ2n) is 6.32. The van der Waals surface area contributed by atoms with Gasteiger partial charge in [-0.3, -0.25) is 9.20 Å². The van der Waals surface area contributed by atoms with Crippen molar-refractivity contribution in [2.75, 3.05) is 5.32 Å². The van der Waals surface area contributed by atoms with Crippen LogP contribution < -0.4 is 5.32 Å². The van der Waals surface area contributed by atoms with E-state index in [2.05, 4.69) is 15.5 Å². The summed E-state index contributed by atoms with van der Waals surface area (Å²) in [5.74, 6) is 0.440. The number of aromatic nitrogens is 3. The van der Waals surface area contributed by atoms with Gasteiger partial charge in [-0.2, -0.15) is 0 Å². The highest BCUT2D eigenvalue weighted by atomic mass is 16.3. The van der Waals surface area contributed by atoms with Crippen molar-refractivity contribution < 1.29 is 9.90 Å². The van der Waals surface area contributed by atoms with Crippen LogP contribution in [0.3, 0.4) is 0 Å². The summed E-state index contributed by atoms with van der Waals surface area (Å²) in [6.45, 7) is 1.82. The third-order valence-electron chi connectivity index (χ3n) is 4.44. The van der Waals surface area contributed by atoms with Crippen LogP contribution >= 0.6 is 0 Å². The highest BCUT2D eigenvalue weighted by Gasteiger charge is 2.17. The van der Waals surface area contributed by atoms with Gasteiger partial charge in [0.2, 0.25) is 0 Å². The van der Waals surface area contributed by atoms with Gasteiger partial charge < -0.3 is 10.4 Å². The SMILES string of the molecule is Cc1cccc(O)c1NC(=O)c1cccn2c(Cc3ccccc3)nnc12. The molecule has 0 bridgehead atoms. The quantitative estimate of drug-likeness (QED) is 0.547. The van der Waals surface area contributed by atoms with Crippen LogP contribution in [0, 0.1) is 6.92 Å². The molecule has 4 rings (SSSR count). The highest BCUT2D eigenvalue weighted by molar-refractivity contribution is 6.09. The van der Waals surface area contributed by atoms with Gasteiger partial charge in [-0.15, -0.1) is 10.2 Å². The van der Waals surface area contributed by atoms with E-state index in [0.717, 1.165) is 17.0 Å². The van der Waals surface area contributed by atoms with Gasteiger partial charge in [-0.25, -0.2) is 0 Å². The summed E-state index contributed by atoms with van der Waals surface area (Å²) in [6, 6.07) is 18.6. The van der Waals surface area contributed by atoms with Gasteiger partial charge in [0.1, 0.15) is 11.6 Å². The van der Waals surface area contributed by atoms with Crippen molar-refractivity contribution in [3.63, 3.8) is 0 Å². The lowest BCUT2D eigenvalue weighted by atomic mass is 10.1. The molecule has 0 saturated carbocycles. The molecule has 6 nitrogen and oxygen atoms in total. The second-order valence-corrected chi connectivity index (χ2v) is 6.32. The molecule has 2 aromatic carbocycles. The number of fused-ring (bicyclic) bond motifs is 1. The third kappa shape index (κ3) is 3.25. The Morgan fingerprint density at radius 1 is 1.04 bits per heavy atom. The van der Waals surface area contributed by atoms with Gasteiger partial charge in [0.15, 0.2) is 5.65 Å². The Kier molecular flexibility index (Phi) is 4.30. The van der Waals surface area contributed by atoms with Crippen molar-refractivity contribution in [2.45, 2.75) is 13.3 Å². The predicted octanol–water partition coefficient (Wildman–Crippen LogP) is 3.59. The lowest BCUT2D eigenvalue weighted by Gasteiger charge is -2.10.